The van der Waals surface area contributed by atoms with Crippen molar-refractivity contribution in [2.75, 3.05) is 31.6 Å². The Bertz CT molecular complexity index is 888. The van der Waals surface area contributed by atoms with Gasteiger partial charge in [0.1, 0.15) is 6.61 Å². The van der Waals surface area contributed by atoms with E-state index >= 15 is 0 Å². The molecule has 0 saturated heterocycles. The highest BCUT2D eigenvalue weighted by Gasteiger charge is 2.21. The monoisotopic (exact) mass is 434 g/mol. The summed E-state index contributed by atoms with van der Waals surface area (Å²) in [6, 6.07) is 12.0. The zero-order valence-electron chi connectivity index (χ0n) is 17.4. The second-order valence-corrected chi connectivity index (χ2v) is 6.69. The number of nitrogens with one attached hydrogen (secondary N) is 1. The van der Waals surface area contributed by atoms with E-state index in [0.29, 0.717) is 35.5 Å². The second-order valence-electron chi connectivity index (χ2n) is 6.69. The first-order valence-electron chi connectivity index (χ1n) is 9.88. The molecule has 8 heteroatoms. The summed E-state index contributed by atoms with van der Waals surface area (Å²) in [5.74, 6) is -0.853. The number of ether oxygens (including phenoxy) is 1. The molecule has 0 aliphatic heterocycles. The number of benzene rings is 2. The van der Waals surface area contributed by atoms with Gasteiger partial charge in [-0.1, -0.05) is 32.1 Å². The first kappa shape index (κ1) is 24.1. The average Bonchev–Trinajstić information content (AvgIpc) is 2.75. The van der Waals surface area contributed by atoms with Crippen molar-refractivity contribution in [2.24, 2.45) is 0 Å². The number of halogens is 3. The SMILES string of the molecule is CCN(CC)CCOC(=O)c1ccc(NC(=O)c2ccc(C=CC(F)(F)F)cc2)cc1. The summed E-state index contributed by atoms with van der Waals surface area (Å²) >= 11 is 0. The highest BCUT2D eigenvalue weighted by Crippen LogP contribution is 2.19. The molecule has 2 rings (SSSR count). The van der Waals surface area contributed by atoms with E-state index in [2.05, 4.69) is 10.2 Å². The number of carbonyl (C=O) groups is 2. The van der Waals surface area contributed by atoms with E-state index in [4.69, 9.17) is 4.74 Å². The summed E-state index contributed by atoms with van der Waals surface area (Å²) < 4.78 is 41.9. The molecular weight excluding hydrogens is 409 g/mol. The van der Waals surface area contributed by atoms with Gasteiger partial charge in [0.25, 0.3) is 5.91 Å². The molecule has 0 aliphatic carbocycles. The zero-order chi connectivity index (χ0) is 22.9. The van der Waals surface area contributed by atoms with Crippen LogP contribution in [-0.4, -0.2) is 49.2 Å². The largest absolute Gasteiger partial charge is 0.461 e. The lowest BCUT2D eigenvalue weighted by Gasteiger charge is -2.17. The molecule has 0 atom stereocenters. The van der Waals surface area contributed by atoms with E-state index in [-0.39, 0.29) is 6.08 Å². The molecular formula is C23H25F3N2O3. The van der Waals surface area contributed by atoms with Crippen molar-refractivity contribution in [3.05, 3.63) is 71.3 Å². The number of hydrogen-bond acceptors (Lipinski definition) is 4. The molecule has 0 saturated carbocycles. The van der Waals surface area contributed by atoms with Crippen LogP contribution in [0.5, 0.6) is 0 Å². The predicted octanol–water partition coefficient (Wildman–Crippen LogP) is 5.01. The minimum atomic E-state index is -4.39. The molecule has 0 bridgehead atoms. The van der Waals surface area contributed by atoms with E-state index < -0.39 is 18.1 Å². The first-order chi connectivity index (χ1) is 14.7. The van der Waals surface area contributed by atoms with E-state index in [1.165, 1.54) is 24.3 Å². The summed E-state index contributed by atoms with van der Waals surface area (Å²) in [6.07, 6.45) is -3.32. The van der Waals surface area contributed by atoms with Gasteiger partial charge >= 0.3 is 12.1 Å². The summed E-state index contributed by atoms with van der Waals surface area (Å²) in [5.41, 5.74) is 1.48. The van der Waals surface area contributed by atoms with Gasteiger partial charge in [-0.15, -0.1) is 0 Å². The van der Waals surface area contributed by atoms with Gasteiger partial charge in [-0.2, -0.15) is 13.2 Å². The molecule has 0 radical (unpaired) electrons. The number of alkyl halides is 3. The van der Waals surface area contributed by atoms with Crippen LogP contribution in [0.4, 0.5) is 18.9 Å². The van der Waals surface area contributed by atoms with Crippen molar-refractivity contribution in [1.82, 2.24) is 4.90 Å². The third kappa shape index (κ3) is 8.25. The molecule has 0 unspecified atom stereocenters. The fourth-order valence-electron chi connectivity index (χ4n) is 2.72. The first-order valence-corrected chi connectivity index (χ1v) is 9.88. The van der Waals surface area contributed by atoms with Crippen LogP contribution in [-0.2, 0) is 4.74 Å². The van der Waals surface area contributed by atoms with Crippen molar-refractivity contribution in [3.8, 4) is 0 Å². The molecule has 0 aliphatic rings. The lowest BCUT2D eigenvalue weighted by Crippen LogP contribution is -2.27. The van der Waals surface area contributed by atoms with Crippen LogP contribution in [0.3, 0.4) is 0 Å². The molecule has 5 nitrogen and oxygen atoms in total. The third-order valence-corrected chi connectivity index (χ3v) is 4.55. The molecule has 0 aromatic heterocycles. The summed E-state index contributed by atoms with van der Waals surface area (Å²) in [4.78, 5) is 26.6. The highest BCUT2D eigenvalue weighted by atomic mass is 19.4. The van der Waals surface area contributed by atoms with Gasteiger partial charge in [-0.25, -0.2) is 4.79 Å². The van der Waals surface area contributed by atoms with Crippen LogP contribution < -0.4 is 5.32 Å². The van der Waals surface area contributed by atoms with Gasteiger partial charge < -0.3 is 15.0 Å². The maximum absolute atomic E-state index is 12.3. The quantitative estimate of drug-likeness (QED) is 0.564. The topological polar surface area (TPSA) is 58.6 Å². The Morgan fingerprint density at radius 1 is 0.968 bits per heavy atom. The van der Waals surface area contributed by atoms with Crippen molar-refractivity contribution in [1.29, 1.82) is 0 Å². The van der Waals surface area contributed by atoms with Crippen LogP contribution in [0.1, 0.15) is 40.1 Å². The van der Waals surface area contributed by atoms with Gasteiger partial charge in [-0.3, -0.25) is 4.79 Å². The second kappa shape index (κ2) is 11.3. The number of allylic oxidation sites excluding steroid dienone is 1. The molecule has 166 valence electrons. The van der Waals surface area contributed by atoms with Crippen molar-refractivity contribution >= 4 is 23.6 Å². The number of esters is 1. The lowest BCUT2D eigenvalue weighted by atomic mass is 10.1. The Hall–Kier alpha value is -3.13. The minimum absolute atomic E-state index is 0.137. The molecule has 2 aromatic rings. The van der Waals surface area contributed by atoms with E-state index in [9.17, 15) is 22.8 Å². The number of anilines is 1. The van der Waals surface area contributed by atoms with Gasteiger partial charge in [0.2, 0.25) is 0 Å². The number of amides is 1. The number of hydrogen-bond donors (Lipinski definition) is 1. The number of nitrogens with zero attached hydrogens (tertiary/aromatic N) is 1. The van der Waals surface area contributed by atoms with Crippen LogP contribution in [0.2, 0.25) is 0 Å². The molecule has 0 spiro atoms. The van der Waals surface area contributed by atoms with E-state index in [1.54, 1.807) is 24.3 Å². The number of likely N-dealkylation sites (N-methyl/N-ethyl adjacent to an activating group) is 1. The molecule has 2 aromatic carbocycles. The molecule has 0 heterocycles. The normalized spacial score (nSPS) is 11.7. The van der Waals surface area contributed by atoms with Gasteiger partial charge in [0, 0.05) is 23.9 Å². The van der Waals surface area contributed by atoms with Crippen LogP contribution in [0, 0.1) is 0 Å². The Morgan fingerprint density at radius 2 is 1.55 bits per heavy atom. The molecule has 0 fully saturated rings. The van der Waals surface area contributed by atoms with Crippen LogP contribution in [0.25, 0.3) is 6.08 Å². The van der Waals surface area contributed by atoms with Crippen molar-refractivity contribution < 1.29 is 27.5 Å². The zero-order valence-corrected chi connectivity index (χ0v) is 17.4. The Balaban J connectivity index is 1.90. The summed E-state index contributed by atoms with van der Waals surface area (Å²) in [5, 5.41) is 2.68. The summed E-state index contributed by atoms with van der Waals surface area (Å²) in [6.45, 7) is 6.81. The highest BCUT2D eigenvalue weighted by molar-refractivity contribution is 6.04. The van der Waals surface area contributed by atoms with E-state index in [0.717, 1.165) is 19.2 Å². The third-order valence-electron chi connectivity index (χ3n) is 4.55. The van der Waals surface area contributed by atoms with Gasteiger partial charge in [-0.05, 0) is 55.1 Å². The Morgan fingerprint density at radius 3 is 2.10 bits per heavy atom. The fraction of sp³-hybridized carbons (Fsp3) is 0.304. The smallest absolute Gasteiger partial charge is 0.409 e. The van der Waals surface area contributed by atoms with Gasteiger partial charge in [0.15, 0.2) is 0 Å². The Labute approximate surface area is 179 Å². The Kier molecular flexibility index (Phi) is 8.81. The summed E-state index contributed by atoms with van der Waals surface area (Å²) in [7, 11) is 0. The standard InChI is InChI=1S/C23H25F3N2O3/c1-3-28(4-2)15-16-31-22(30)19-9-11-20(12-10-19)27-21(29)18-7-5-17(6-8-18)13-14-23(24,25)26/h5-14H,3-4,15-16H2,1-2H3,(H,27,29). The predicted molar refractivity (Wildman–Crippen MR) is 114 cm³/mol. The van der Waals surface area contributed by atoms with Crippen molar-refractivity contribution in [3.63, 3.8) is 0 Å². The van der Waals surface area contributed by atoms with Crippen LogP contribution in [0.15, 0.2) is 54.6 Å². The number of rotatable bonds is 9. The minimum Gasteiger partial charge on any atom is -0.461 e. The van der Waals surface area contributed by atoms with Gasteiger partial charge in [0.05, 0.1) is 5.56 Å². The fourth-order valence-corrected chi connectivity index (χ4v) is 2.72. The van der Waals surface area contributed by atoms with Crippen molar-refractivity contribution in [2.45, 2.75) is 20.0 Å². The molecule has 1 N–H and O–H groups in total. The average molecular weight is 434 g/mol. The number of carbonyl (C=O) groups excluding carboxylic acids is 2. The van der Waals surface area contributed by atoms with Crippen LogP contribution >= 0.6 is 0 Å². The maximum atomic E-state index is 12.3. The lowest BCUT2D eigenvalue weighted by molar-refractivity contribution is -0.0790. The molecule has 31 heavy (non-hydrogen) atoms. The maximum Gasteiger partial charge on any atom is 0.409 e. The molecule has 1 amide bonds. The van der Waals surface area contributed by atoms with E-state index in [1.807, 2.05) is 13.8 Å².